The molecule has 0 aliphatic rings. The molecule has 1 atom stereocenters. The lowest BCUT2D eigenvalue weighted by molar-refractivity contribution is 0.240. The van der Waals surface area contributed by atoms with Gasteiger partial charge in [0.25, 0.3) is 0 Å². The van der Waals surface area contributed by atoms with Gasteiger partial charge in [0, 0.05) is 37.9 Å². The average molecular weight is 272 g/mol. The lowest BCUT2D eigenvalue weighted by Gasteiger charge is -2.29. The third-order valence-electron chi connectivity index (χ3n) is 3.82. The highest BCUT2D eigenvalue weighted by molar-refractivity contribution is 5.36. The molecule has 0 saturated heterocycles. The van der Waals surface area contributed by atoms with Gasteiger partial charge in [0.05, 0.1) is 6.20 Å². The summed E-state index contributed by atoms with van der Waals surface area (Å²) in [6, 6.07) is 6.64. The molecule has 1 aromatic carbocycles. The molecular weight excluding hydrogens is 248 g/mol. The minimum Gasteiger partial charge on any atom is -0.329 e. The fraction of sp³-hybridized carbons (Fsp3) is 0.438. The second-order valence-corrected chi connectivity index (χ2v) is 5.49. The first kappa shape index (κ1) is 14.8. The smallest absolute Gasteiger partial charge is 0.0534 e. The Bertz CT molecular complexity index is 553. The van der Waals surface area contributed by atoms with Crippen molar-refractivity contribution in [2.75, 3.05) is 13.6 Å². The van der Waals surface area contributed by atoms with Crippen molar-refractivity contribution >= 4 is 0 Å². The molecule has 20 heavy (non-hydrogen) atoms. The van der Waals surface area contributed by atoms with Gasteiger partial charge in [-0.2, -0.15) is 5.10 Å². The summed E-state index contributed by atoms with van der Waals surface area (Å²) >= 11 is 0. The molecule has 2 aromatic rings. The summed E-state index contributed by atoms with van der Waals surface area (Å²) in [7, 11) is 4.06. The van der Waals surface area contributed by atoms with E-state index in [0.717, 1.165) is 6.54 Å². The lowest BCUT2D eigenvalue weighted by Crippen LogP contribution is -2.31. The maximum absolute atomic E-state index is 6.04. The van der Waals surface area contributed by atoms with E-state index < -0.39 is 0 Å². The predicted octanol–water partition coefficient (Wildman–Crippen LogP) is 2.17. The van der Waals surface area contributed by atoms with Crippen molar-refractivity contribution in [2.24, 2.45) is 12.8 Å². The van der Waals surface area contributed by atoms with Crippen LogP contribution in [-0.4, -0.2) is 28.3 Å². The molecule has 2 rings (SSSR count). The van der Waals surface area contributed by atoms with Crippen molar-refractivity contribution in [3.63, 3.8) is 0 Å². The number of nitrogens with zero attached hydrogens (tertiary/aromatic N) is 3. The highest BCUT2D eigenvalue weighted by Crippen LogP contribution is 2.26. The van der Waals surface area contributed by atoms with Crippen molar-refractivity contribution in [1.82, 2.24) is 14.7 Å². The molecule has 108 valence electrons. The number of hydrogen-bond donors (Lipinski definition) is 1. The summed E-state index contributed by atoms with van der Waals surface area (Å²) in [4.78, 5) is 2.30. The van der Waals surface area contributed by atoms with Gasteiger partial charge in [-0.1, -0.05) is 18.2 Å². The Morgan fingerprint density at radius 3 is 2.45 bits per heavy atom. The molecule has 1 aromatic heterocycles. The molecular formula is C16H24N4. The van der Waals surface area contributed by atoms with E-state index in [4.69, 9.17) is 5.73 Å². The minimum atomic E-state index is 0.233. The zero-order valence-corrected chi connectivity index (χ0v) is 12.8. The number of aromatic nitrogens is 2. The molecule has 1 unspecified atom stereocenters. The first-order valence-corrected chi connectivity index (χ1v) is 6.97. The van der Waals surface area contributed by atoms with Crippen LogP contribution >= 0.6 is 0 Å². The highest BCUT2D eigenvalue weighted by atomic mass is 15.2. The first-order chi connectivity index (χ1) is 9.52. The maximum atomic E-state index is 6.04. The summed E-state index contributed by atoms with van der Waals surface area (Å²) in [5.41, 5.74) is 11.2. The molecule has 0 radical (unpaired) electrons. The van der Waals surface area contributed by atoms with Crippen LogP contribution in [0.4, 0.5) is 0 Å². The molecule has 0 spiro atoms. The average Bonchev–Trinajstić information content (AvgIpc) is 2.79. The van der Waals surface area contributed by atoms with E-state index in [1.807, 2.05) is 17.9 Å². The third kappa shape index (κ3) is 3.08. The number of aryl methyl sites for hydroxylation is 3. The summed E-state index contributed by atoms with van der Waals surface area (Å²) < 4.78 is 1.83. The van der Waals surface area contributed by atoms with Gasteiger partial charge in [0.1, 0.15) is 0 Å². The topological polar surface area (TPSA) is 47.1 Å². The third-order valence-corrected chi connectivity index (χ3v) is 3.82. The SMILES string of the molecule is Cc1cccc(C)c1C(CN)N(C)Cc1cnn(C)c1. The first-order valence-electron chi connectivity index (χ1n) is 6.97. The predicted molar refractivity (Wildman–Crippen MR) is 82.4 cm³/mol. The Labute approximate surface area is 121 Å². The summed E-state index contributed by atoms with van der Waals surface area (Å²) in [6.45, 7) is 5.78. The fourth-order valence-electron chi connectivity index (χ4n) is 2.82. The van der Waals surface area contributed by atoms with Gasteiger partial charge >= 0.3 is 0 Å². The minimum absolute atomic E-state index is 0.233. The molecule has 4 nitrogen and oxygen atoms in total. The maximum Gasteiger partial charge on any atom is 0.0534 e. The standard InChI is InChI=1S/C16H24N4/c1-12-6-5-7-13(2)16(12)15(8-17)19(3)10-14-9-18-20(4)11-14/h5-7,9,11,15H,8,10,17H2,1-4H3. The number of hydrogen-bond acceptors (Lipinski definition) is 3. The van der Waals surface area contributed by atoms with Gasteiger partial charge < -0.3 is 5.73 Å². The monoisotopic (exact) mass is 272 g/mol. The van der Waals surface area contributed by atoms with Gasteiger partial charge in [-0.05, 0) is 37.6 Å². The van der Waals surface area contributed by atoms with Gasteiger partial charge in [-0.3, -0.25) is 9.58 Å². The Morgan fingerprint density at radius 1 is 1.30 bits per heavy atom. The van der Waals surface area contributed by atoms with Crippen LogP contribution in [0.2, 0.25) is 0 Å². The van der Waals surface area contributed by atoms with Crippen LogP contribution < -0.4 is 5.73 Å². The van der Waals surface area contributed by atoms with Gasteiger partial charge in [-0.25, -0.2) is 0 Å². The summed E-state index contributed by atoms with van der Waals surface area (Å²) in [6.07, 6.45) is 3.96. The van der Waals surface area contributed by atoms with Crippen LogP contribution in [0, 0.1) is 13.8 Å². The zero-order chi connectivity index (χ0) is 14.7. The van der Waals surface area contributed by atoms with E-state index >= 15 is 0 Å². The number of likely N-dealkylation sites (N-methyl/N-ethyl adjacent to an activating group) is 1. The van der Waals surface area contributed by atoms with Crippen molar-refractivity contribution < 1.29 is 0 Å². The fourth-order valence-corrected chi connectivity index (χ4v) is 2.82. The Kier molecular flexibility index (Phi) is 4.57. The molecule has 0 aliphatic carbocycles. The van der Waals surface area contributed by atoms with Crippen LogP contribution in [0.5, 0.6) is 0 Å². The van der Waals surface area contributed by atoms with Gasteiger partial charge in [0.2, 0.25) is 0 Å². The van der Waals surface area contributed by atoms with E-state index in [1.165, 1.54) is 22.3 Å². The number of benzene rings is 1. The van der Waals surface area contributed by atoms with E-state index in [-0.39, 0.29) is 6.04 Å². The zero-order valence-electron chi connectivity index (χ0n) is 12.8. The Hall–Kier alpha value is -1.65. The van der Waals surface area contributed by atoms with Crippen LogP contribution in [0.25, 0.3) is 0 Å². The summed E-state index contributed by atoms with van der Waals surface area (Å²) in [5.74, 6) is 0. The Morgan fingerprint density at radius 2 is 1.95 bits per heavy atom. The van der Waals surface area contributed by atoms with Crippen LogP contribution in [0.3, 0.4) is 0 Å². The quantitative estimate of drug-likeness (QED) is 0.907. The second-order valence-electron chi connectivity index (χ2n) is 5.49. The number of nitrogens with two attached hydrogens (primary N) is 1. The van der Waals surface area contributed by atoms with Crippen LogP contribution in [-0.2, 0) is 13.6 Å². The van der Waals surface area contributed by atoms with Gasteiger partial charge in [-0.15, -0.1) is 0 Å². The highest BCUT2D eigenvalue weighted by Gasteiger charge is 2.19. The molecule has 0 amide bonds. The van der Waals surface area contributed by atoms with E-state index in [2.05, 4.69) is 55.3 Å². The molecule has 0 saturated carbocycles. The molecule has 4 heteroatoms. The lowest BCUT2D eigenvalue weighted by atomic mass is 9.95. The normalized spacial score (nSPS) is 12.9. The molecule has 0 aliphatic heterocycles. The van der Waals surface area contributed by atoms with E-state index in [0.29, 0.717) is 6.54 Å². The van der Waals surface area contributed by atoms with Crippen molar-refractivity contribution in [3.8, 4) is 0 Å². The van der Waals surface area contributed by atoms with Crippen molar-refractivity contribution in [1.29, 1.82) is 0 Å². The molecule has 0 bridgehead atoms. The summed E-state index contributed by atoms with van der Waals surface area (Å²) in [5, 5.41) is 4.22. The van der Waals surface area contributed by atoms with Crippen molar-refractivity contribution in [2.45, 2.75) is 26.4 Å². The van der Waals surface area contributed by atoms with E-state index in [1.54, 1.807) is 0 Å². The molecule has 1 heterocycles. The molecule has 2 N–H and O–H groups in total. The van der Waals surface area contributed by atoms with Crippen LogP contribution in [0.1, 0.15) is 28.3 Å². The van der Waals surface area contributed by atoms with Crippen molar-refractivity contribution in [3.05, 3.63) is 52.8 Å². The molecule has 0 fully saturated rings. The second kappa shape index (κ2) is 6.20. The van der Waals surface area contributed by atoms with Gasteiger partial charge in [0.15, 0.2) is 0 Å². The van der Waals surface area contributed by atoms with E-state index in [9.17, 15) is 0 Å². The number of rotatable bonds is 5. The Balaban J connectivity index is 2.23. The van der Waals surface area contributed by atoms with Crippen LogP contribution in [0.15, 0.2) is 30.6 Å². The largest absolute Gasteiger partial charge is 0.329 e.